The number of methoxy groups -OCH3 is 1. The van der Waals surface area contributed by atoms with E-state index >= 15 is 0 Å². The molecule has 0 atom stereocenters. The Labute approximate surface area is 134 Å². The van der Waals surface area contributed by atoms with Crippen molar-refractivity contribution in [2.75, 3.05) is 23.9 Å². The Balaban J connectivity index is 1.97. The molecule has 0 aliphatic carbocycles. The summed E-state index contributed by atoms with van der Waals surface area (Å²) in [5, 5.41) is 2.70. The van der Waals surface area contributed by atoms with Gasteiger partial charge in [-0.05, 0) is 36.2 Å². The summed E-state index contributed by atoms with van der Waals surface area (Å²) in [4.78, 5) is 25.9. The number of hydrogen-bond donors (Lipinski definition) is 1. The maximum Gasteiger partial charge on any atom is 0.262 e. The number of anilines is 2. The van der Waals surface area contributed by atoms with Crippen molar-refractivity contribution < 1.29 is 14.3 Å². The van der Waals surface area contributed by atoms with Crippen LogP contribution in [-0.4, -0.2) is 25.5 Å². The van der Waals surface area contributed by atoms with E-state index in [1.807, 2.05) is 24.3 Å². The zero-order valence-corrected chi connectivity index (χ0v) is 13.1. The van der Waals surface area contributed by atoms with Crippen LogP contribution in [0.1, 0.15) is 22.8 Å². The van der Waals surface area contributed by atoms with E-state index in [1.165, 1.54) is 14.0 Å². The van der Waals surface area contributed by atoms with Gasteiger partial charge in [0.1, 0.15) is 5.75 Å². The highest BCUT2D eigenvalue weighted by Crippen LogP contribution is 2.31. The molecule has 1 aliphatic heterocycles. The van der Waals surface area contributed by atoms with Gasteiger partial charge < -0.3 is 15.0 Å². The number of ether oxygens (including phenoxy) is 1. The van der Waals surface area contributed by atoms with Crippen molar-refractivity contribution in [1.82, 2.24) is 0 Å². The lowest BCUT2D eigenvalue weighted by atomic mass is 10.1. The van der Waals surface area contributed by atoms with Gasteiger partial charge in [0.25, 0.3) is 5.91 Å². The number of carbonyl (C=O) groups is 2. The minimum Gasteiger partial charge on any atom is -0.496 e. The Morgan fingerprint density at radius 1 is 1.17 bits per heavy atom. The van der Waals surface area contributed by atoms with E-state index < -0.39 is 0 Å². The summed E-state index contributed by atoms with van der Waals surface area (Å²) in [7, 11) is 1.53. The Morgan fingerprint density at radius 3 is 2.70 bits per heavy atom. The van der Waals surface area contributed by atoms with Gasteiger partial charge in [0.05, 0.1) is 12.7 Å². The van der Waals surface area contributed by atoms with Gasteiger partial charge >= 0.3 is 0 Å². The molecule has 1 N–H and O–H groups in total. The molecule has 0 unspecified atom stereocenters. The lowest BCUT2D eigenvalue weighted by Gasteiger charge is -2.19. The van der Waals surface area contributed by atoms with Crippen LogP contribution in [0.15, 0.2) is 42.5 Å². The molecule has 3 rings (SSSR count). The van der Waals surface area contributed by atoms with Crippen molar-refractivity contribution in [2.45, 2.75) is 13.3 Å². The predicted octanol–water partition coefficient (Wildman–Crippen LogP) is 2.86. The van der Waals surface area contributed by atoms with Gasteiger partial charge in [0, 0.05) is 24.8 Å². The number of para-hydroxylation sites is 1. The van der Waals surface area contributed by atoms with Crippen molar-refractivity contribution in [3.63, 3.8) is 0 Å². The largest absolute Gasteiger partial charge is 0.496 e. The van der Waals surface area contributed by atoms with E-state index in [4.69, 9.17) is 4.74 Å². The van der Waals surface area contributed by atoms with Crippen LogP contribution in [0.2, 0.25) is 0 Å². The fourth-order valence-corrected chi connectivity index (χ4v) is 2.85. The average Bonchev–Trinajstić information content (AvgIpc) is 2.97. The first-order valence-electron chi connectivity index (χ1n) is 7.45. The Kier molecular flexibility index (Phi) is 4.02. The van der Waals surface area contributed by atoms with Gasteiger partial charge in [-0.3, -0.25) is 9.59 Å². The molecule has 0 spiro atoms. The molecule has 1 heterocycles. The molecule has 0 saturated heterocycles. The second-order valence-corrected chi connectivity index (χ2v) is 5.43. The number of fused-ring (bicyclic) bond motifs is 1. The highest BCUT2D eigenvalue weighted by Gasteiger charge is 2.27. The third kappa shape index (κ3) is 2.90. The lowest BCUT2D eigenvalue weighted by molar-refractivity contribution is -0.114. The van der Waals surface area contributed by atoms with Crippen molar-refractivity contribution in [1.29, 1.82) is 0 Å². The van der Waals surface area contributed by atoms with Crippen LogP contribution >= 0.6 is 0 Å². The number of rotatable bonds is 3. The van der Waals surface area contributed by atoms with Crippen LogP contribution in [0.25, 0.3) is 0 Å². The third-order valence-electron chi connectivity index (χ3n) is 3.88. The van der Waals surface area contributed by atoms with Crippen molar-refractivity contribution in [2.24, 2.45) is 0 Å². The summed E-state index contributed by atoms with van der Waals surface area (Å²) in [5.74, 6) is 0.188. The summed E-state index contributed by atoms with van der Waals surface area (Å²) in [5.41, 5.74) is 3.12. The molecule has 2 aromatic rings. The minimum absolute atomic E-state index is 0.126. The SMILES string of the molecule is COc1ccc(NC(C)=O)cc1C(=O)N1CCc2ccccc21. The van der Waals surface area contributed by atoms with Crippen LogP contribution in [-0.2, 0) is 11.2 Å². The molecule has 23 heavy (non-hydrogen) atoms. The topological polar surface area (TPSA) is 58.6 Å². The van der Waals surface area contributed by atoms with Crippen LogP contribution in [0.5, 0.6) is 5.75 Å². The molecule has 0 bridgehead atoms. The lowest BCUT2D eigenvalue weighted by Crippen LogP contribution is -2.29. The number of amides is 2. The summed E-state index contributed by atoms with van der Waals surface area (Å²) >= 11 is 0. The summed E-state index contributed by atoms with van der Waals surface area (Å²) in [6, 6.07) is 13.0. The maximum absolute atomic E-state index is 13.0. The molecule has 1 aliphatic rings. The van der Waals surface area contributed by atoms with Gasteiger partial charge in [-0.2, -0.15) is 0 Å². The number of carbonyl (C=O) groups excluding carboxylic acids is 2. The first-order valence-corrected chi connectivity index (χ1v) is 7.45. The third-order valence-corrected chi connectivity index (χ3v) is 3.88. The Bertz CT molecular complexity index is 771. The maximum atomic E-state index is 13.0. The van der Waals surface area contributed by atoms with E-state index in [-0.39, 0.29) is 11.8 Å². The van der Waals surface area contributed by atoms with Gasteiger partial charge in [-0.1, -0.05) is 18.2 Å². The van der Waals surface area contributed by atoms with E-state index in [9.17, 15) is 9.59 Å². The van der Waals surface area contributed by atoms with E-state index in [1.54, 1.807) is 23.1 Å². The zero-order chi connectivity index (χ0) is 16.4. The monoisotopic (exact) mass is 310 g/mol. The predicted molar refractivity (Wildman–Crippen MR) is 89.1 cm³/mol. The number of hydrogen-bond acceptors (Lipinski definition) is 3. The molecule has 0 saturated carbocycles. The second-order valence-electron chi connectivity index (χ2n) is 5.43. The first-order chi connectivity index (χ1) is 11.1. The Morgan fingerprint density at radius 2 is 1.96 bits per heavy atom. The van der Waals surface area contributed by atoms with E-state index in [0.717, 1.165) is 17.7 Å². The quantitative estimate of drug-likeness (QED) is 0.948. The molecule has 0 aromatic heterocycles. The van der Waals surface area contributed by atoms with Crippen LogP contribution in [0, 0.1) is 0 Å². The summed E-state index contributed by atoms with van der Waals surface area (Å²) in [6.07, 6.45) is 0.843. The van der Waals surface area contributed by atoms with Crippen LogP contribution in [0.3, 0.4) is 0 Å². The molecule has 2 amide bonds. The molecular formula is C18H18N2O3. The minimum atomic E-state index is -0.180. The summed E-state index contributed by atoms with van der Waals surface area (Å²) < 4.78 is 5.31. The smallest absolute Gasteiger partial charge is 0.262 e. The average molecular weight is 310 g/mol. The van der Waals surface area contributed by atoms with E-state index in [0.29, 0.717) is 23.5 Å². The molecule has 5 heteroatoms. The first kappa shape index (κ1) is 15.1. The van der Waals surface area contributed by atoms with Gasteiger partial charge in [0.15, 0.2) is 0 Å². The number of nitrogens with zero attached hydrogens (tertiary/aromatic N) is 1. The van der Waals surface area contributed by atoms with Crippen LogP contribution in [0.4, 0.5) is 11.4 Å². The zero-order valence-electron chi connectivity index (χ0n) is 13.1. The Hall–Kier alpha value is -2.82. The normalized spacial score (nSPS) is 12.7. The highest BCUT2D eigenvalue weighted by atomic mass is 16.5. The van der Waals surface area contributed by atoms with Gasteiger partial charge in [-0.25, -0.2) is 0 Å². The standard InChI is InChI=1S/C18H18N2O3/c1-12(21)19-14-7-8-17(23-2)15(11-14)18(22)20-10-9-13-5-3-4-6-16(13)20/h3-8,11H,9-10H2,1-2H3,(H,19,21). The number of benzene rings is 2. The van der Waals surface area contributed by atoms with E-state index in [2.05, 4.69) is 5.32 Å². The highest BCUT2D eigenvalue weighted by molar-refractivity contribution is 6.09. The van der Waals surface area contributed by atoms with Gasteiger partial charge in [-0.15, -0.1) is 0 Å². The molecule has 118 valence electrons. The van der Waals surface area contributed by atoms with Crippen LogP contribution < -0.4 is 15.0 Å². The number of nitrogens with one attached hydrogen (secondary N) is 1. The molecule has 0 radical (unpaired) electrons. The fourth-order valence-electron chi connectivity index (χ4n) is 2.85. The van der Waals surface area contributed by atoms with Crippen molar-refractivity contribution >= 4 is 23.2 Å². The molecular weight excluding hydrogens is 292 g/mol. The second kappa shape index (κ2) is 6.12. The van der Waals surface area contributed by atoms with Gasteiger partial charge in [0.2, 0.25) is 5.91 Å². The molecule has 5 nitrogen and oxygen atoms in total. The van der Waals surface area contributed by atoms with Crippen molar-refractivity contribution in [3.8, 4) is 5.75 Å². The molecule has 0 fully saturated rings. The fraction of sp³-hybridized carbons (Fsp3) is 0.222. The molecule has 2 aromatic carbocycles. The summed E-state index contributed by atoms with van der Waals surface area (Å²) in [6.45, 7) is 2.08. The van der Waals surface area contributed by atoms with Crippen molar-refractivity contribution in [3.05, 3.63) is 53.6 Å².